The molecule has 0 saturated heterocycles. The zero-order valence-electron chi connectivity index (χ0n) is 20.6. The molecule has 34 heavy (non-hydrogen) atoms. The van der Waals surface area contributed by atoms with Gasteiger partial charge in [0.1, 0.15) is 0 Å². The highest BCUT2D eigenvalue weighted by Crippen LogP contribution is 2.29. The minimum absolute atomic E-state index is 0.234. The third kappa shape index (κ3) is 10.3. The van der Waals surface area contributed by atoms with E-state index in [1.165, 1.54) is 51.4 Å². The quantitative estimate of drug-likeness (QED) is 0.144. The number of carboxylic acids is 1. The fraction of sp³-hybridized carbons (Fsp3) is 0.500. The molecule has 2 aromatic rings. The van der Waals surface area contributed by atoms with Crippen molar-refractivity contribution in [3.05, 3.63) is 53.6 Å². The van der Waals surface area contributed by atoms with E-state index in [4.69, 9.17) is 14.6 Å². The standard InChI is InChI=1S/C28H39NO5/c1-3-4-5-6-7-8-9-10-11-12-13-27(30)34-25-19-14-22(20-26(25)33-2)21-29-24-17-15-23(16-18-24)28(31)32/h14-20,29H,3-13,21H2,1-2H3,(H,31,32). The van der Waals surface area contributed by atoms with Crippen LogP contribution in [0.5, 0.6) is 11.5 Å². The third-order valence-electron chi connectivity index (χ3n) is 5.81. The lowest BCUT2D eigenvalue weighted by atomic mass is 10.1. The Bertz CT molecular complexity index is 879. The van der Waals surface area contributed by atoms with Crippen LogP contribution in [0.3, 0.4) is 0 Å². The summed E-state index contributed by atoms with van der Waals surface area (Å²) in [5.74, 6) is -0.247. The number of ether oxygens (including phenoxy) is 2. The highest BCUT2D eigenvalue weighted by atomic mass is 16.6. The Morgan fingerprint density at radius 3 is 2.03 bits per heavy atom. The van der Waals surface area contributed by atoms with Crippen LogP contribution in [-0.4, -0.2) is 24.2 Å². The molecular formula is C28H39NO5. The Hall–Kier alpha value is -3.02. The van der Waals surface area contributed by atoms with Crippen molar-refractivity contribution in [2.45, 2.75) is 84.1 Å². The fourth-order valence-electron chi connectivity index (χ4n) is 3.77. The summed E-state index contributed by atoms with van der Waals surface area (Å²) in [6, 6.07) is 12.0. The van der Waals surface area contributed by atoms with E-state index in [1.807, 2.05) is 12.1 Å². The fourth-order valence-corrected chi connectivity index (χ4v) is 3.77. The van der Waals surface area contributed by atoms with Crippen LogP contribution in [0.25, 0.3) is 0 Å². The van der Waals surface area contributed by atoms with Gasteiger partial charge in [-0.1, -0.05) is 70.8 Å². The Morgan fingerprint density at radius 2 is 1.44 bits per heavy atom. The molecule has 2 aromatic carbocycles. The molecular weight excluding hydrogens is 430 g/mol. The van der Waals surface area contributed by atoms with E-state index < -0.39 is 5.97 Å². The second-order valence-electron chi connectivity index (χ2n) is 8.63. The van der Waals surface area contributed by atoms with Crippen LogP contribution in [0.1, 0.15) is 93.5 Å². The number of carbonyl (C=O) groups excluding carboxylic acids is 1. The van der Waals surface area contributed by atoms with Crippen LogP contribution in [0.15, 0.2) is 42.5 Å². The van der Waals surface area contributed by atoms with E-state index >= 15 is 0 Å². The molecule has 6 nitrogen and oxygen atoms in total. The van der Waals surface area contributed by atoms with Gasteiger partial charge in [-0.05, 0) is 48.4 Å². The van der Waals surface area contributed by atoms with Crippen molar-refractivity contribution in [2.75, 3.05) is 12.4 Å². The molecule has 0 aliphatic rings. The molecule has 0 aliphatic carbocycles. The largest absolute Gasteiger partial charge is 0.493 e. The second kappa shape index (κ2) is 15.8. The van der Waals surface area contributed by atoms with E-state index in [0.717, 1.165) is 24.1 Å². The topological polar surface area (TPSA) is 84.9 Å². The summed E-state index contributed by atoms with van der Waals surface area (Å²) in [6.07, 6.45) is 12.7. The first-order valence-corrected chi connectivity index (χ1v) is 12.5. The molecule has 0 saturated carbocycles. The van der Waals surface area contributed by atoms with Gasteiger partial charge < -0.3 is 19.9 Å². The SMILES string of the molecule is CCCCCCCCCCCCC(=O)Oc1ccc(CNc2ccc(C(=O)O)cc2)cc1OC. The number of aromatic carboxylic acids is 1. The van der Waals surface area contributed by atoms with Crippen LogP contribution < -0.4 is 14.8 Å². The average molecular weight is 470 g/mol. The van der Waals surface area contributed by atoms with Crippen molar-refractivity contribution >= 4 is 17.6 Å². The zero-order chi connectivity index (χ0) is 24.6. The summed E-state index contributed by atoms with van der Waals surface area (Å²) in [5.41, 5.74) is 2.01. The lowest BCUT2D eigenvalue weighted by molar-refractivity contribution is -0.134. The van der Waals surface area contributed by atoms with Crippen molar-refractivity contribution in [1.82, 2.24) is 0 Å². The molecule has 0 amide bonds. The van der Waals surface area contributed by atoms with Crippen LogP contribution in [0.2, 0.25) is 0 Å². The zero-order valence-corrected chi connectivity index (χ0v) is 20.6. The average Bonchev–Trinajstić information content (AvgIpc) is 2.84. The highest BCUT2D eigenvalue weighted by Gasteiger charge is 2.11. The van der Waals surface area contributed by atoms with Gasteiger partial charge in [-0.2, -0.15) is 0 Å². The molecule has 0 aromatic heterocycles. The number of unbranched alkanes of at least 4 members (excludes halogenated alkanes) is 9. The lowest BCUT2D eigenvalue weighted by Crippen LogP contribution is -2.09. The van der Waals surface area contributed by atoms with Crippen molar-refractivity contribution < 1.29 is 24.2 Å². The molecule has 0 aliphatic heterocycles. The maximum absolute atomic E-state index is 12.3. The molecule has 0 fully saturated rings. The van der Waals surface area contributed by atoms with Crippen molar-refractivity contribution in [3.63, 3.8) is 0 Å². The van der Waals surface area contributed by atoms with Crippen molar-refractivity contribution in [2.24, 2.45) is 0 Å². The first kappa shape index (κ1) is 27.2. The molecule has 2 N–H and O–H groups in total. The maximum atomic E-state index is 12.3. The molecule has 0 bridgehead atoms. The Balaban J connectivity index is 1.70. The number of esters is 1. The van der Waals surface area contributed by atoms with E-state index in [1.54, 1.807) is 37.4 Å². The van der Waals surface area contributed by atoms with E-state index in [9.17, 15) is 9.59 Å². The summed E-state index contributed by atoms with van der Waals surface area (Å²) >= 11 is 0. The van der Waals surface area contributed by atoms with Crippen molar-refractivity contribution in [1.29, 1.82) is 0 Å². The summed E-state index contributed by atoms with van der Waals surface area (Å²) in [5, 5.41) is 12.2. The molecule has 0 atom stereocenters. The molecule has 2 rings (SSSR count). The molecule has 186 valence electrons. The summed E-state index contributed by atoms with van der Waals surface area (Å²) in [4.78, 5) is 23.2. The molecule has 0 heterocycles. The Morgan fingerprint density at radius 1 is 0.824 bits per heavy atom. The maximum Gasteiger partial charge on any atom is 0.335 e. The smallest absolute Gasteiger partial charge is 0.335 e. The molecule has 0 unspecified atom stereocenters. The predicted molar refractivity (Wildman–Crippen MR) is 136 cm³/mol. The number of carbonyl (C=O) groups is 2. The second-order valence-corrected chi connectivity index (χ2v) is 8.63. The number of nitrogens with one attached hydrogen (secondary N) is 1. The van der Waals surface area contributed by atoms with E-state index in [-0.39, 0.29) is 11.5 Å². The van der Waals surface area contributed by atoms with Crippen LogP contribution >= 0.6 is 0 Å². The van der Waals surface area contributed by atoms with Gasteiger partial charge in [-0.15, -0.1) is 0 Å². The Labute approximate surface area is 203 Å². The number of hydrogen-bond donors (Lipinski definition) is 2. The van der Waals surface area contributed by atoms with Gasteiger partial charge in [0.15, 0.2) is 11.5 Å². The molecule has 0 spiro atoms. The van der Waals surface area contributed by atoms with Crippen LogP contribution in [-0.2, 0) is 11.3 Å². The summed E-state index contributed by atoms with van der Waals surface area (Å²) < 4.78 is 10.9. The normalized spacial score (nSPS) is 10.6. The van der Waals surface area contributed by atoms with Gasteiger partial charge >= 0.3 is 11.9 Å². The minimum atomic E-state index is -0.949. The van der Waals surface area contributed by atoms with Gasteiger partial charge in [0.05, 0.1) is 12.7 Å². The van der Waals surface area contributed by atoms with Crippen LogP contribution in [0.4, 0.5) is 5.69 Å². The van der Waals surface area contributed by atoms with Crippen molar-refractivity contribution in [3.8, 4) is 11.5 Å². The first-order valence-electron chi connectivity index (χ1n) is 12.5. The molecule has 0 radical (unpaired) electrons. The number of benzene rings is 2. The predicted octanol–water partition coefficient (Wildman–Crippen LogP) is 7.22. The molecule has 6 heteroatoms. The van der Waals surface area contributed by atoms with E-state index in [2.05, 4.69) is 12.2 Å². The summed E-state index contributed by atoms with van der Waals surface area (Å²) in [6.45, 7) is 2.76. The lowest BCUT2D eigenvalue weighted by Gasteiger charge is -2.12. The van der Waals surface area contributed by atoms with Gasteiger partial charge in [-0.3, -0.25) is 4.79 Å². The van der Waals surface area contributed by atoms with Crippen LogP contribution in [0, 0.1) is 0 Å². The van der Waals surface area contributed by atoms with Gasteiger partial charge in [0, 0.05) is 18.7 Å². The number of carboxylic acid groups (broad SMARTS) is 1. The number of hydrogen-bond acceptors (Lipinski definition) is 5. The van der Waals surface area contributed by atoms with Gasteiger partial charge in [0.25, 0.3) is 0 Å². The number of anilines is 1. The number of rotatable bonds is 17. The van der Waals surface area contributed by atoms with Gasteiger partial charge in [-0.25, -0.2) is 4.79 Å². The van der Waals surface area contributed by atoms with E-state index in [0.29, 0.717) is 24.5 Å². The first-order chi connectivity index (χ1) is 16.5. The van der Waals surface area contributed by atoms with Gasteiger partial charge in [0.2, 0.25) is 0 Å². The Kier molecular flexibility index (Phi) is 12.6. The monoisotopic (exact) mass is 469 g/mol. The highest BCUT2D eigenvalue weighted by molar-refractivity contribution is 5.88. The third-order valence-corrected chi connectivity index (χ3v) is 5.81. The summed E-state index contributed by atoms with van der Waals surface area (Å²) in [7, 11) is 1.55. The number of methoxy groups -OCH3 is 1. The minimum Gasteiger partial charge on any atom is -0.493 e.